The van der Waals surface area contributed by atoms with E-state index in [0.717, 1.165) is 0 Å². The predicted molar refractivity (Wildman–Crippen MR) is 63.6 cm³/mol. The zero-order valence-corrected chi connectivity index (χ0v) is 10.7. The van der Waals surface area contributed by atoms with Crippen LogP contribution < -0.4 is 0 Å². The van der Waals surface area contributed by atoms with Crippen molar-refractivity contribution in [1.82, 2.24) is 0 Å². The molecule has 0 aliphatic heterocycles. The summed E-state index contributed by atoms with van der Waals surface area (Å²) in [5, 5.41) is 0. The van der Waals surface area contributed by atoms with Gasteiger partial charge in [0.1, 0.15) is 0 Å². The second-order valence-electron chi connectivity index (χ2n) is 4.39. The van der Waals surface area contributed by atoms with Crippen molar-refractivity contribution < 1.29 is 17.1 Å². The molecule has 2 rings (SSSR count). The third-order valence-corrected chi connectivity index (χ3v) is 2.08. The van der Waals surface area contributed by atoms with Gasteiger partial charge in [0.2, 0.25) is 0 Å². The molecule has 0 amide bonds. The van der Waals surface area contributed by atoms with Gasteiger partial charge in [0, 0.05) is 29.9 Å². The molecule has 0 atom stereocenters. The summed E-state index contributed by atoms with van der Waals surface area (Å²) in [6.07, 6.45) is 18.5. The van der Waals surface area contributed by atoms with Crippen molar-refractivity contribution in [2.45, 2.75) is 20.8 Å². The van der Waals surface area contributed by atoms with Crippen molar-refractivity contribution >= 4 is 0 Å². The van der Waals surface area contributed by atoms with Crippen molar-refractivity contribution in [2.75, 3.05) is 0 Å². The zero-order valence-electron chi connectivity index (χ0n) is 9.55. The Morgan fingerprint density at radius 2 is 1.40 bits per heavy atom. The Bertz CT molecular complexity index is 275. The number of rotatable bonds is 0. The molecule has 0 saturated carbocycles. The van der Waals surface area contributed by atoms with Crippen molar-refractivity contribution in [3.05, 3.63) is 60.9 Å². The molecule has 2 aliphatic carbocycles. The quantitative estimate of drug-likeness (QED) is 0.562. The van der Waals surface area contributed by atoms with E-state index in [0.29, 0.717) is 5.41 Å². The molecule has 2 radical (unpaired) electrons. The Kier molecular flexibility index (Phi) is 6.63. The maximum atomic E-state index is 2.22. The first kappa shape index (κ1) is 14.5. The van der Waals surface area contributed by atoms with Crippen LogP contribution in [0.5, 0.6) is 0 Å². The van der Waals surface area contributed by atoms with Gasteiger partial charge in [-0.2, -0.15) is 0 Å². The van der Waals surface area contributed by atoms with Crippen LogP contribution in [0.3, 0.4) is 0 Å². The largest absolute Gasteiger partial charge is 0.0767 e. The molecule has 0 aromatic heterocycles. The first-order chi connectivity index (χ1) is 6.61. The fourth-order valence-corrected chi connectivity index (χ4v) is 1.19. The Hall–Kier alpha value is -0.521. The molecule has 0 N–H and O–H groups in total. The standard InChI is InChI=1S/C9H13.C5H5.Fe/c1-9(2,3)8-6-4-5-7-8;1-2-4-5-3-1;/h4-7H,1-3H3;1-5H;. The summed E-state index contributed by atoms with van der Waals surface area (Å²) >= 11 is 0. The molecule has 0 bridgehead atoms. The van der Waals surface area contributed by atoms with E-state index in [1.807, 2.05) is 30.7 Å². The van der Waals surface area contributed by atoms with Crippen LogP contribution in [0.15, 0.2) is 48.1 Å². The topological polar surface area (TPSA) is 0 Å². The van der Waals surface area contributed by atoms with Gasteiger partial charge in [-0.15, -0.1) is 0 Å². The van der Waals surface area contributed by atoms with Gasteiger partial charge in [0.05, 0.1) is 0 Å². The predicted octanol–water partition coefficient (Wildman–Crippen LogP) is 4.05. The summed E-state index contributed by atoms with van der Waals surface area (Å²) in [4.78, 5) is 0. The van der Waals surface area contributed by atoms with E-state index in [4.69, 9.17) is 0 Å². The van der Waals surface area contributed by atoms with E-state index >= 15 is 0 Å². The van der Waals surface area contributed by atoms with Crippen LogP contribution >= 0.6 is 0 Å². The van der Waals surface area contributed by atoms with E-state index in [1.54, 1.807) is 0 Å². The first-order valence-electron chi connectivity index (χ1n) is 4.99. The van der Waals surface area contributed by atoms with Crippen molar-refractivity contribution in [1.29, 1.82) is 0 Å². The molecule has 0 nitrogen and oxygen atoms in total. The smallest absolute Gasteiger partial charge is 0.00889 e. The molecule has 1 heteroatoms. The molecule has 0 unspecified atom stereocenters. The first-order valence-corrected chi connectivity index (χ1v) is 4.99. The average Bonchev–Trinajstić information content (AvgIpc) is 2.80. The summed E-state index contributed by atoms with van der Waals surface area (Å²) in [6, 6.07) is 0. The summed E-state index contributed by atoms with van der Waals surface area (Å²) in [5.74, 6) is 0. The van der Waals surface area contributed by atoms with Crippen LogP contribution in [0.1, 0.15) is 20.8 Å². The summed E-state index contributed by atoms with van der Waals surface area (Å²) in [5.41, 5.74) is 1.74. The number of hydrogen-bond donors (Lipinski definition) is 0. The maximum Gasteiger partial charge on any atom is 0.00889 e. The van der Waals surface area contributed by atoms with E-state index in [-0.39, 0.29) is 17.1 Å². The fraction of sp³-hybridized carbons (Fsp3) is 0.286. The minimum atomic E-state index is 0. The van der Waals surface area contributed by atoms with E-state index < -0.39 is 0 Å². The van der Waals surface area contributed by atoms with E-state index in [9.17, 15) is 0 Å². The molecular weight excluding hydrogens is 224 g/mol. The number of hydrogen-bond acceptors (Lipinski definition) is 0. The zero-order chi connectivity index (χ0) is 10.4. The van der Waals surface area contributed by atoms with Crippen LogP contribution in [0, 0.1) is 18.3 Å². The van der Waals surface area contributed by atoms with Gasteiger partial charge in [-0.25, -0.2) is 0 Å². The Balaban J connectivity index is 0.000000280. The van der Waals surface area contributed by atoms with E-state index in [2.05, 4.69) is 45.4 Å². The van der Waals surface area contributed by atoms with Crippen molar-refractivity contribution in [3.8, 4) is 0 Å². The minimum absolute atomic E-state index is 0. The average molecular weight is 242 g/mol. The monoisotopic (exact) mass is 242 g/mol. The van der Waals surface area contributed by atoms with Gasteiger partial charge < -0.3 is 0 Å². The van der Waals surface area contributed by atoms with E-state index in [1.165, 1.54) is 5.57 Å². The van der Waals surface area contributed by atoms with Crippen LogP contribution in [-0.2, 0) is 17.1 Å². The molecule has 82 valence electrons. The van der Waals surface area contributed by atoms with Crippen LogP contribution in [0.4, 0.5) is 0 Å². The van der Waals surface area contributed by atoms with Gasteiger partial charge in [-0.3, -0.25) is 0 Å². The molecule has 0 fully saturated rings. The molecule has 0 aromatic rings. The minimum Gasteiger partial charge on any atom is -0.0767 e. The number of allylic oxidation sites excluding steroid dienone is 8. The maximum absolute atomic E-state index is 2.22. The van der Waals surface area contributed by atoms with Crippen molar-refractivity contribution in [2.24, 2.45) is 5.41 Å². The fourth-order valence-electron chi connectivity index (χ4n) is 1.19. The third-order valence-electron chi connectivity index (χ3n) is 2.08. The molecule has 0 saturated heterocycles. The van der Waals surface area contributed by atoms with Gasteiger partial charge in [0.15, 0.2) is 0 Å². The summed E-state index contributed by atoms with van der Waals surface area (Å²) in [6.45, 7) is 6.67. The summed E-state index contributed by atoms with van der Waals surface area (Å²) in [7, 11) is 0. The Labute approximate surface area is 104 Å². The van der Waals surface area contributed by atoms with Crippen LogP contribution in [0.25, 0.3) is 0 Å². The molecule has 0 heterocycles. The van der Waals surface area contributed by atoms with Gasteiger partial charge in [-0.1, -0.05) is 68.9 Å². The van der Waals surface area contributed by atoms with Crippen molar-refractivity contribution in [3.63, 3.8) is 0 Å². The molecule has 0 aromatic carbocycles. The molecular formula is C14H18Fe. The summed E-state index contributed by atoms with van der Waals surface area (Å²) < 4.78 is 0. The van der Waals surface area contributed by atoms with Crippen LogP contribution in [0.2, 0.25) is 0 Å². The Morgan fingerprint density at radius 1 is 0.800 bits per heavy atom. The third kappa shape index (κ3) is 5.81. The Morgan fingerprint density at radius 3 is 1.60 bits per heavy atom. The van der Waals surface area contributed by atoms with Gasteiger partial charge in [0.25, 0.3) is 0 Å². The van der Waals surface area contributed by atoms with Gasteiger partial charge >= 0.3 is 0 Å². The molecule has 15 heavy (non-hydrogen) atoms. The second kappa shape index (κ2) is 6.87. The SMILES string of the molecule is CC(C)(C)C1=CC=C[CH]1.[CH]1C=CC=C1.[Fe]. The second-order valence-corrected chi connectivity index (χ2v) is 4.39. The van der Waals surface area contributed by atoms with Gasteiger partial charge in [-0.05, 0) is 5.41 Å². The molecule has 0 spiro atoms. The van der Waals surface area contributed by atoms with Crippen LogP contribution in [-0.4, -0.2) is 0 Å². The molecule has 2 aliphatic rings. The normalized spacial score (nSPS) is 16.9.